The van der Waals surface area contributed by atoms with Crippen molar-refractivity contribution in [3.8, 4) is 34.5 Å². The van der Waals surface area contributed by atoms with Gasteiger partial charge in [-0.1, -0.05) is 18.5 Å². The molecule has 14 nitrogen and oxygen atoms in total. The maximum atomic E-state index is 14.4. The van der Waals surface area contributed by atoms with Crippen LogP contribution in [0.2, 0.25) is 5.02 Å². The number of thiazole rings is 1. The fourth-order valence-corrected chi connectivity index (χ4v) is 7.36. The molecule has 1 spiro atoms. The van der Waals surface area contributed by atoms with E-state index in [1.807, 2.05) is 0 Å². The van der Waals surface area contributed by atoms with E-state index in [-0.39, 0.29) is 82.4 Å². The summed E-state index contributed by atoms with van der Waals surface area (Å²) in [6.45, 7) is 3.37. The van der Waals surface area contributed by atoms with Crippen molar-refractivity contribution < 1.29 is 52.7 Å². The third kappa shape index (κ3) is 6.75. The molecule has 272 valence electrons. The average molecular weight is 744 g/mol. The van der Waals surface area contributed by atoms with Crippen LogP contribution in [-0.4, -0.2) is 81.2 Å². The number of hydrogen-bond donors (Lipinski definition) is 3. The Morgan fingerprint density at radius 3 is 2.24 bits per heavy atom. The van der Waals surface area contributed by atoms with Gasteiger partial charge in [-0.2, -0.15) is 0 Å². The molecular weight excluding hydrogens is 706 g/mol. The second-order valence-corrected chi connectivity index (χ2v) is 13.2. The Bertz CT molecular complexity index is 1900. The number of fused-ring (bicyclic) bond motifs is 1. The summed E-state index contributed by atoms with van der Waals surface area (Å²) in [5.41, 5.74) is -1.24. The Morgan fingerprint density at radius 2 is 1.67 bits per heavy atom. The minimum atomic E-state index is -2.09. The number of amides is 2. The van der Waals surface area contributed by atoms with Gasteiger partial charge in [0.25, 0.3) is 0 Å². The molecule has 2 amide bonds. The van der Waals surface area contributed by atoms with Gasteiger partial charge in [0.05, 0.1) is 41.2 Å². The monoisotopic (exact) mass is 743 g/mol. The number of halogens is 1. The summed E-state index contributed by atoms with van der Waals surface area (Å²) < 4.78 is 33.7. The number of aryl methyl sites for hydroxylation is 1. The molecule has 2 heterocycles. The summed E-state index contributed by atoms with van der Waals surface area (Å²) in [5.74, 6) is -3.89. The maximum Gasteiger partial charge on any atom is 0.231 e. The van der Waals surface area contributed by atoms with Gasteiger partial charge in [-0.05, 0) is 24.6 Å². The summed E-state index contributed by atoms with van der Waals surface area (Å²) >= 11 is 7.89. The molecule has 0 bridgehead atoms. The van der Waals surface area contributed by atoms with E-state index in [2.05, 4.69) is 15.6 Å². The van der Waals surface area contributed by atoms with Crippen LogP contribution in [0.3, 0.4) is 0 Å². The number of rotatable bonds is 13. The fraction of sp³-hybridized carbons (Fsp3) is 0.400. The zero-order chi connectivity index (χ0) is 37.2. The van der Waals surface area contributed by atoms with Crippen molar-refractivity contribution in [2.45, 2.75) is 44.6 Å². The first-order chi connectivity index (χ1) is 24.3. The molecule has 51 heavy (non-hydrogen) atoms. The van der Waals surface area contributed by atoms with E-state index < -0.39 is 40.7 Å². The van der Waals surface area contributed by atoms with Crippen LogP contribution < -0.4 is 39.1 Å². The van der Waals surface area contributed by atoms with E-state index in [1.165, 1.54) is 53.0 Å². The molecule has 0 radical (unpaired) electrons. The predicted molar refractivity (Wildman–Crippen MR) is 187 cm³/mol. The van der Waals surface area contributed by atoms with Gasteiger partial charge < -0.3 is 44.2 Å². The third-order valence-corrected chi connectivity index (χ3v) is 10.1. The van der Waals surface area contributed by atoms with Crippen LogP contribution in [0, 0.1) is 12.8 Å². The van der Waals surface area contributed by atoms with Crippen LogP contribution in [0.1, 0.15) is 53.7 Å². The summed E-state index contributed by atoms with van der Waals surface area (Å²) in [4.78, 5) is 58.7. The predicted octanol–water partition coefficient (Wildman–Crippen LogP) is 5.20. The highest BCUT2D eigenvalue weighted by Gasteiger charge is 2.61. The number of methoxy groups -OCH3 is 5. The highest BCUT2D eigenvalue weighted by Crippen LogP contribution is 2.56. The van der Waals surface area contributed by atoms with Gasteiger partial charge >= 0.3 is 0 Å². The Kier molecular flexibility index (Phi) is 11.0. The molecule has 3 aromatic rings. The lowest BCUT2D eigenvalue weighted by Crippen LogP contribution is -2.53. The zero-order valence-electron chi connectivity index (χ0n) is 29.1. The highest BCUT2D eigenvalue weighted by atomic mass is 35.5. The van der Waals surface area contributed by atoms with Crippen molar-refractivity contribution in [3.05, 3.63) is 56.8 Å². The molecule has 2 aromatic carbocycles. The SMILES string of the molecule is COc1cc(OC)c2c(c1Cl)OC1(C2=O)C(O)=C(C(CC(=O)NCCC(=O)Nc2nc(C)cs2)c2cc(OC)c(OC)c(OC)c2)C(=O)CC1C. The van der Waals surface area contributed by atoms with Crippen molar-refractivity contribution in [3.63, 3.8) is 0 Å². The molecule has 3 N–H and O–H groups in total. The molecular formula is C35H38ClN3O11S. The van der Waals surface area contributed by atoms with Gasteiger partial charge in [0.1, 0.15) is 22.1 Å². The third-order valence-electron chi connectivity index (χ3n) is 8.88. The lowest BCUT2D eigenvalue weighted by atomic mass is 9.69. The second kappa shape index (κ2) is 15.1. The molecule has 0 saturated heterocycles. The molecule has 1 aliphatic carbocycles. The van der Waals surface area contributed by atoms with Crippen LogP contribution in [0.5, 0.6) is 34.5 Å². The normalized spacial score (nSPS) is 18.5. The average Bonchev–Trinajstić information content (AvgIpc) is 3.66. The number of nitrogens with zero attached hydrogens (tertiary/aromatic N) is 1. The number of benzene rings is 2. The number of anilines is 1. The smallest absolute Gasteiger partial charge is 0.231 e. The Hall–Kier alpha value is -5.02. The van der Waals surface area contributed by atoms with Gasteiger partial charge in [0.2, 0.25) is 28.9 Å². The topological polar surface area (TPSA) is 181 Å². The van der Waals surface area contributed by atoms with Crippen molar-refractivity contribution in [2.24, 2.45) is 5.92 Å². The minimum Gasteiger partial charge on any atom is -0.507 e. The zero-order valence-corrected chi connectivity index (χ0v) is 30.6. The highest BCUT2D eigenvalue weighted by molar-refractivity contribution is 7.13. The largest absolute Gasteiger partial charge is 0.507 e. The molecule has 1 aromatic heterocycles. The first-order valence-corrected chi connectivity index (χ1v) is 17.0. The molecule has 3 atom stereocenters. The first kappa shape index (κ1) is 37.2. The van der Waals surface area contributed by atoms with Gasteiger partial charge in [-0.15, -0.1) is 11.3 Å². The lowest BCUT2D eigenvalue weighted by Gasteiger charge is -2.38. The summed E-state index contributed by atoms with van der Waals surface area (Å²) in [6.07, 6.45) is -0.672. The minimum absolute atomic E-state index is 0.0217. The Labute approximate surface area is 303 Å². The maximum absolute atomic E-state index is 14.4. The molecule has 1 aliphatic heterocycles. The number of Topliss-reactive ketones (excluding diaryl/α,β-unsaturated/α-hetero) is 2. The number of aliphatic hydroxyl groups is 1. The number of carbonyl (C=O) groups is 4. The first-order valence-electron chi connectivity index (χ1n) is 15.8. The molecule has 0 saturated carbocycles. The van der Waals surface area contributed by atoms with E-state index in [0.29, 0.717) is 10.7 Å². The van der Waals surface area contributed by atoms with Crippen LogP contribution in [0.15, 0.2) is 34.9 Å². The van der Waals surface area contributed by atoms with E-state index in [9.17, 15) is 24.3 Å². The van der Waals surface area contributed by atoms with Crippen molar-refractivity contribution in [2.75, 3.05) is 47.4 Å². The number of ketones is 2. The van der Waals surface area contributed by atoms with E-state index in [0.717, 1.165) is 5.69 Å². The Morgan fingerprint density at radius 1 is 1.02 bits per heavy atom. The van der Waals surface area contributed by atoms with Gasteiger partial charge in [0.15, 0.2) is 33.9 Å². The fourth-order valence-electron chi connectivity index (χ4n) is 6.39. The molecule has 16 heteroatoms. The number of aromatic nitrogens is 1. The number of ether oxygens (including phenoxy) is 6. The number of allylic oxidation sites excluding steroid dienone is 1. The van der Waals surface area contributed by atoms with Gasteiger partial charge in [-0.3, -0.25) is 19.2 Å². The van der Waals surface area contributed by atoms with Crippen molar-refractivity contribution >= 4 is 51.5 Å². The summed E-state index contributed by atoms with van der Waals surface area (Å²) in [6, 6.07) is 4.54. The van der Waals surface area contributed by atoms with Crippen LogP contribution in [0.4, 0.5) is 5.13 Å². The van der Waals surface area contributed by atoms with E-state index in [1.54, 1.807) is 31.4 Å². The molecule has 5 rings (SSSR count). The number of aliphatic hydroxyl groups excluding tert-OH is 1. The summed E-state index contributed by atoms with van der Waals surface area (Å²) in [7, 11) is 6.99. The Balaban J connectivity index is 1.57. The number of hydrogen-bond acceptors (Lipinski definition) is 13. The molecule has 0 fully saturated rings. The van der Waals surface area contributed by atoms with Gasteiger partial charge in [0, 0.05) is 54.7 Å². The quantitative estimate of drug-likeness (QED) is 0.209. The van der Waals surface area contributed by atoms with E-state index in [4.69, 9.17) is 40.0 Å². The number of nitrogens with one attached hydrogen (secondary N) is 2. The second-order valence-electron chi connectivity index (χ2n) is 11.9. The van der Waals surface area contributed by atoms with Crippen LogP contribution in [-0.2, 0) is 14.4 Å². The summed E-state index contributed by atoms with van der Waals surface area (Å²) in [5, 5.41) is 19.8. The standard InChI is InChI=1S/C35H38ClN3O11S/c1-16-10-20(40)27(32(43)35(16)33(44)28-21(45-3)14-22(46-4)29(36)31(28)50-35)19(18-11-23(47-5)30(49-7)24(12-18)48-6)13-26(42)37-9-8-25(41)39-34-38-17(2)15-51-34/h11-12,14-16,19,43H,8-10,13H2,1-7H3,(H,37,42)(H,38,39,41). The van der Waals surface area contributed by atoms with Crippen LogP contribution in [0.25, 0.3) is 0 Å². The number of carbonyl (C=O) groups excluding carboxylic acids is 4. The lowest BCUT2D eigenvalue weighted by molar-refractivity contribution is -0.122. The molecule has 2 aliphatic rings. The van der Waals surface area contributed by atoms with Crippen molar-refractivity contribution in [1.82, 2.24) is 10.3 Å². The van der Waals surface area contributed by atoms with Crippen LogP contribution >= 0.6 is 22.9 Å². The van der Waals surface area contributed by atoms with Crippen molar-refractivity contribution in [1.29, 1.82) is 0 Å². The van der Waals surface area contributed by atoms with E-state index >= 15 is 0 Å². The molecule has 3 unspecified atom stereocenters. The van der Waals surface area contributed by atoms with Gasteiger partial charge in [-0.25, -0.2) is 4.98 Å².